The maximum Gasteiger partial charge on any atom is 0.318 e. The summed E-state index contributed by atoms with van der Waals surface area (Å²) < 4.78 is 0.713. The van der Waals surface area contributed by atoms with Gasteiger partial charge in [0.05, 0.1) is 10.9 Å². The van der Waals surface area contributed by atoms with Crippen molar-refractivity contribution >= 4 is 29.0 Å². The number of nitrogens with zero attached hydrogens (tertiary/aromatic N) is 1. The topological polar surface area (TPSA) is 52.6 Å². The Morgan fingerprint density at radius 1 is 1.38 bits per heavy atom. The molecule has 1 aromatic heterocycles. The third-order valence-electron chi connectivity index (χ3n) is 3.46. The fourth-order valence-electron chi connectivity index (χ4n) is 2.34. The van der Waals surface area contributed by atoms with Crippen molar-refractivity contribution in [2.75, 3.05) is 6.54 Å². The van der Waals surface area contributed by atoms with Crippen LogP contribution in [0.1, 0.15) is 17.4 Å². The number of nitrogens with one attached hydrogen (secondary N) is 1. The van der Waals surface area contributed by atoms with Crippen molar-refractivity contribution in [3.8, 4) is 5.75 Å². The lowest BCUT2D eigenvalue weighted by atomic mass is 10.1. The van der Waals surface area contributed by atoms with E-state index in [1.807, 2.05) is 31.2 Å². The number of thiophene rings is 1. The quantitative estimate of drug-likeness (QED) is 0.714. The molecule has 128 valence electrons. The van der Waals surface area contributed by atoms with Gasteiger partial charge in [-0.05, 0) is 43.2 Å². The van der Waals surface area contributed by atoms with Crippen LogP contribution in [0.25, 0.3) is 0 Å². The van der Waals surface area contributed by atoms with Crippen LogP contribution in [0.15, 0.2) is 49.1 Å². The molecule has 0 radical (unpaired) electrons. The zero-order chi connectivity index (χ0) is 17.5. The fraction of sp³-hybridized carbons (Fsp3) is 0.278. The molecule has 2 amide bonds. The van der Waals surface area contributed by atoms with E-state index in [9.17, 15) is 9.90 Å². The molecule has 4 nitrogen and oxygen atoms in total. The van der Waals surface area contributed by atoms with Crippen LogP contribution in [0, 0.1) is 0 Å². The molecule has 0 aliphatic rings. The molecule has 0 aliphatic carbocycles. The summed E-state index contributed by atoms with van der Waals surface area (Å²) in [5, 5.41) is 12.3. The molecule has 2 rings (SSSR count). The minimum Gasteiger partial charge on any atom is -0.508 e. The van der Waals surface area contributed by atoms with E-state index in [2.05, 4.69) is 11.9 Å². The Morgan fingerprint density at radius 3 is 2.67 bits per heavy atom. The van der Waals surface area contributed by atoms with Gasteiger partial charge in [-0.2, -0.15) is 0 Å². The van der Waals surface area contributed by atoms with Gasteiger partial charge in [-0.1, -0.05) is 29.8 Å². The molecule has 0 aliphatic heterocycles. The number of phenols is 1. The van der Waals surface area contributed by atoms with Gasteiger partial charge >= 0.3 is 6.03 Å². The molecule has 0 unspecified atom stereocenters. The van der Waals surface area contributed by atoms with Gasteiger partial charge in [0.15, 0.2) is 0 Å². The summed E-state index contributed by atoms with van der Waals surface area (Å²) in [5.74, 6) is 0.238. The monoisotopic (exact) mass is 364 g/mol. The molecule has 1 aromatic carbocycles. The summed E-state index contributed by atoms with van der Waals surface area (Å²) in [7, 11) is 0. The smallest absolute Gasteiger partial charge is 0.318 e. The zero-order valence-electron chi connectivity index (χ0n) is 13.5. The Bertz CT molecular complexity index is 685. The Balaban J connectivity index is 1.93. The summed E-state index contributed by atoms with van der Waals surface area (Å²) in [6.07, 6.45) is 2.40. The molecule has 0 saturated heterocycles. The molecule has 6 heteroatoms. The summed E-state index contributed by atoms with van der Waals surface area (Å²) in [6.45, 7) is 6.64. The van der Waals surface area contributed by atoms with Crippen molar-refractivity contribution in [3.05, 3.63) is 63.8 Å². The second-order valence-corrected chi connectivity index (χ2v) is 7.40. The van der Waals surface area contributed by atoms with Crippen molar-refractivity contribution < 1.29 is 9.90 Å². The Morgan fingerprint density at radius 2 is 2.08 bits per heavy atom. The van der Waals surface area contributed by atoms with Crippen molar-refractivity contribution in [1.29, 1.82) is 0 Å². The van der Waals surface area contributed by atoms with Gasteiger partial charge < -0.3 is 15.3 Å². The highest BCUT2D eigenvalue weighted by Gasteiger charge is 2.16. The average Bonchev–Trinajstić information content (AvgIpc) is 2.94. The van der Waals surface area contributed by atoms with Crippen LogP contribution in [0.3, 0.4) is 0 Å². The largest absolute Gasteiger partial charge is 0.508 e. The normalized spacial score (nSPS) is 11.8. The Hall–Kier alpha value is -1.98. The third kappa shape index (κ3) is 5.58. The van der Waals surface area contributed by atoms with E-state index in [4.69, 9.17) is 11.6 Å². The fourth-order valence-corrected chi connectivity index (χ4v) is 3.44. The van der Waals surface area contributed by atoms with Crippen LogP contribution in [0.5, 0.6) is 5.75 Å². The summed E-state index contributed by atoms with van der Waals surface area (Å²) in [5.41, 5.74) is 1.06. The molecule has 24 heavy (non-hydrogen) atoms. The van der Waals surface area contributed by atoms with Gasteiger partial charge in [0, 0.05) is 17.5 Å². The molecule has 0 bridgehead atoms. The SMILES string of the molecule is C=CCN(Cc1ccc(Cl)s1)C(=O)N[C@H](C)Cc1ccc(O)cc1. The second-order valence-electron chi connectivity index (χ2n) is 5.60. The van der Waals surface area contributed by atoms with Crippen molar-refractivity contribution in [2.45, 2.75) is 25.9 Å². The molecular weight excluding hydrogens is 344 g/mol. The summed E-state index contributed by atoms with van der Waals surface area (Å²) >= 11 is 7.42. The van der Waals surface area contributed by atoms with Crippen LogP contribution in [0.2, 0.25) is 4.34 Å². The van der Waals surface area contributed by atoms with Crippen LogP contribution in [-0.2, 0) is 13.0 Å². The number of benzene rings is 1. The molecule has 1 heterocycles. The first-order chi connectivity index (χ1) is 11.5. The van der Waals surface area contributed by atoms with Crippen LogP contribution < -0.4 is 5.32 Å². The minimum atomic E-state index is -0.134. The number of phenolic OH excluding ortho intramolecular Hbond substituents is 1. The lowest BCUT2D eigenvalue weighted by Crippen LogP contribution is -2.44. The maximum absolute atomic E-state index is 12.5. The second kappa shape index (κ2) is 8.76. The van der Waals surface area contributed by atoms with Gasteiger partial charge in [-0.15, -0.1) is 17.9 Å². The highest BCUT2D eigenvalue weighted by Crippen LogP contribution is 2.22. The number of halogens is 1. The van der Waals surface area contributed by atoms with Crippen molar-refractivity contribution in [3.63, 3.8) is 0 Å². The number of carbonyl (C=O) groups excluding carboxylic acids is 1. The first-order valence-corrected chi connectivity index (χ1v) is 8.86. The predicted octanol–water partition coefficient (Wildman–Crippen LogP) is 4.44. The van der Waals surface area contributed by atoms with Crippen molar-refractivity contribution in [2.24, 2.45) is 0 Å². The first-order valence-electron chi connectivity index (χ1n) is 7.66. The van der Waals surface area contributed by atoms with Crippen LogP contribution in [-0.4, -0.2) is 28.6 Å². The van der Waals surface area contributed by atoms with Crippen LogP contribution >= 0.6 is 22.9 Å². The van der Waals surface area contributed by atoms with Gasteiger partial charge in [0.25, 0.3) is 0 Å². The summed E-state index contributed by atoms with van der Waals surface area (Å²) in [6, 6.07) is 10.6. The standard InChI is InChI=1S/C18H21ClN2O2S/c1-3-10-21(12-16-8-9-17(19)24-16)18(23)20-13(2)11-14-4-6-15(22)7-5-14/h3-9,13,22H,1,10-12H2,2H3,(H,20,23)/t13-/m1/s1. The van der Waals surface area contributed by atoms with Crippen LogP contribution in [0.4, 0.5) is 4.79 Å². The molecule has 2 aromatic rings. The summed E-state index contributed by atoms with van der Waals surface area (Å²) in [4.78, 5) is 15.2. The molecule has 2 N–H and O–H groups in total. The first kappa shape index (κ1) is 18.4. The van der Waals surface area contributed by atoms with E-state index in [0.29, 0.717) is 23.8 Å². The van der Waals surface area contributed by atoms with E-state index in [0.717, 1.165) is 10.4 Å². The van der Waals surface area contributed by atoms with Gasteiger partial charge in [-0.25, -0.2) is 4.79 Å². The van der Waals surface area contributed by atoms with E-state index < -0.39 is 0 Å². The average molecular weight is 365 g/mol. The Labute approximate surface area is 151 Å². The lowest BCUT2D eigenvalue weighted by molar-refractivity contribution is 0.198. The van der Waals surface area contributed by atoms with Gasteiger partial charge in [-0.3, -0.25) is 0 Å². The number of carbonyl (C=O) groups is 1. The number of urea groups is 1. The Kier molecular flexibility index (Phi) is 6.70. The van der Waals surface area contributed by atoms with Crippen molar-refractivity contribution in [1.82, 2.24) is 10.2 Å². The number of rotatable bonds is 7. The highest BCUT2D eigenvalue weighted by molar-refractivity contribution is 7.16. The highest BCUT2D eigenvalue weighted by atomic mass is 35.5. The molecule has 1 atom stereocenters. The van der Waals surface area contributed by atoms with E-state index in [-0.39, 0.29) is 17.8 Å². The number of aromatic hydroxyl groups is 1. The van der Waals surface area contributed by atoms with E-state index >= 15 is 0 Å². The molecule has 0 spiro atoms. The van der Waals surface area contributed by atoms with E-state index in [1.165, 1.54) is 11.3 Å². The molecule has 0 saturated carbocycles. The maximum atomic E-state index is 12.5. The van der Waals surface area contributed by atoms with Gasteiger partial charge in [0.2, 0.25) is 0 Å². The predicted molar refractivity (Wildman–Crippen MR) is 99.7 cm³/mol. The third-order valence-corrected chi connectivity index (χ3v) is 4.68. The van der Waals surface area contributed by atoms with Gasteiger partial charge in [0.1, 0.15) is 5.75 Å². The number of hydrogen-bond acceptors (Lipinski definition) is 3. The molecule has 0 fully saturated rings. The number of amides is 2. The zero-order valence-corrected chi connectivity index (χ0v) is 15.1. The molecular formula is C18H21ClN2O2S. The number of hydrogen-bond donors (Lipinski definition) is 2. The van der Waals surface area contributed by atoms with E-state index in [1.54, 1.807) is 23.1 Å². The lowest BCUT2D eigenvalue weighted by Gasteiger charge is -2.24. The minimum absolute atomic E-state index is 0.0266.